The lowest BCUT2D eigenvalue weighted by atomic mass is 10.2. The fourth-order valence-electron chi connectivity index (χ4n) is 2.79. The number of nitrogens with zero attached hydrogens (tertiary/aromatic N) is 2. The summed E-state index contributed by atoms with van der Waals surface area (Å²) in [5.74, 6) is -0.717. The van der Waals surface area contributed by atoms with Gasteiger partial charge in [-0.3, -0.25) is 9.69 Å². The van der Waals surface area contributed by atoms with E-state index in [2.05, 4.69) is 27.2 Å². The second kappa shape index (κ2) is 7.64. The highest BCUT2D eigenvalue weighted by atomic mass is 35.5. The van der Waals surface area contributed by atoms with Crippen molar-refractivity contribution in [3.8, 4) is 0 Å². The van der Waals surface area contributed by atoms with Crippen LogP contribution in [0.25, 0.3) is 0 Å². The maximum Gasteiger partial charge on any atom is 0.238 e. The van der Waals surface area contributed by atoms with Crippen LogP contribution in [-0.4, -0.2) is 43.5 Å². The van der Waals surface area contributed by atoms with E-state index in [1.54, 1.807) is 0 Å². The van der Waals surface area contributed by atoms with E-state index in [0.29, 0.717) is 5.02 Å². The number of carbonyl (C=O) groups excluding carboxylic acids is 1. The van der Waals surface area contributed by atoms with E-state index in [1.165, 1.54) is 23.9 Å². The molecule has 1 aliphatic rings. The minimum atomic E-state index is -0.485. The molecule has 0 saturated carbocycles. The fourth-order valence-corrected chi connectivity index (χ4v) is 2.96. The van der Waals surface area contributed by atoms with Crippen LogP contribution < -0.4 is 10.2 Å². The molecule has 4 nitrogen and oxygen atoms in total. The Morgan fingerprint density at radius 2 is 1.79 bits per heavy atom. The zero-order valence-corrected chi connectivity index (χ0v) is 14.0. The van der Waals surface area contributed by atoms with Crippen LogP contribution in [0.3, 0.4) is 0 Å². The predicted molar refractivity (Wildman–Crippen MR) is 95.1 cm³/mol. The van der Waals surface area contributed by atoms with Crippen molar-refractivity contribution in [2.75, 3.05) is 42.9 Å². The minimum absolute atomic E-state index is 0.121. The number of benzene rings is 2. The van der Waals surface area contributed by atoms with Gasteiger partial charge in [-0.1, -0.05) is 29.8 Å². The molecule has 0 radical (unpaired) electrons. The molecule has 3 rings (SSSR count). The molecule has 126 valence electrons. The summed E-state index contributed by atoms with van der Waals surface area (Å²) in [6, 6.07) is 14.3. The van der Waals surface area contributed by atoms with Crippen molar-refractivity contribution >= 4 is 28.9 Å². The third-order valence-corrected chi connectivity index (χ3v) is 4.30. The van der Waals surface area contributed by atoms with Crippen LogP contribution >= 0.6 is 11.6 Å². The number of amides is 1. The molecule has 0 aromatic heterocycles. The van der Waals surface area contributed by atoms with Gasteiger partial charge in [0.1, 0.15) is 5.82 Å². The fraction of sp³-hybridized carbons (Fsp3) is 0.278. The average molecular weight is 348 g/mol. The first kappa shape index (κ1) is 16.7. The molecule has 0 aliphatic carbocycles. The van der Waals surface area contributed by atoms with Crippen molar-refractivity contribution < 1.29 is 9.18 Å². The highest BCUT2D eigenvalue weighted by Crippen LogP contribution is 2.20. The molecule has 1 fully saturated rings. The van der Waals surface area contributed by atoms with Crippen molar-refractivity contribution in [1.29, 1.82) is 0 Å². The van der Waals surface area contributed by atoms with E-state index in [9.17, 15) is 9.18 Å². The Balaban J connectivity index is 1.51. The Bertz CT molecular complexity index is 703. The summed E-state index contributed by atoms with van der Waals surface area (Å²) >= 11 is 5.83. The van der Waals surface area contributed by atoms with Crippen LogP contribution in [0.15, 0.2) is 48.5 Å². The largest absolute Gasteiger partial charge is 0.369 e. The number of hydrogen-bond donors (Lipinski definition) is 1. The number of piperazine rings is 1. The van der Waals surface area contributed by atoms with Crippen molar-refractivity contribution in [3.05, 3.63) is 59.4 Å². The molecular weight excluding hydrogens is 329 g/mol. The molecule has 24 heavy (non-hydrogen) atoms. The quantitative estimate of drug-likeness (QED) is 0.922. The van der Waals surface area contributed by atoms with Gasteiger partial charge in [0, 0.05) is 36.9 Å². The van der Waals surface area contributed by atoms with Crippen LogP contribution in [0.4, 0.5) is 15.8 Å². The molecule has 2 aromatic rings. The summed E-state index contributed by atoms with van der Waals surface area (Å²) in [6.45, 7) is 3.56. The van der Waals surface area contributed by atoms with E-state index in [-0.39, 0.29) is 18.1 Å². The third kappa shape index (κ3) is 4.24. The van der Waals surface area contributed by atoms with Gasteiger partial charge in [0.2, 0.25) is 5.91 Å². The molecular formula is C18H19ClFN3O. The van der Waals surface area contributed by atoms with Crippen molar-refractivity contribution in [1.82, 2.24) is 4.90 Å². The molecule has 1 heterocycles. The lowest BCUT2D eigenvalue weighted by molar-refractivity contribution is -0.117. The third-order valence-electron chi connectivity index (χ3n) is 4.06. The SMILES string of the molecule is O=C(CN1CCN(c2ccccc2)CC1)Nc1cc(Cl)ccc1F. The summed E-state index contributed by atoms with van der Waals surface area (Å²) in [5, 5.41) is 2.98. The van der Waals surface area contributed by atoms with Crippen LogP contribution in [0.2, 0.25) is 5.02 Å². The normalized spacial score (nSPS) is 15.3. The summed E-state index contributed by atoms with van der Waals surface area (Å²) in [5.41, 5.74) is 1.32. The van der Waals surface area contributed by atoms with Crippen LogP contribution in [0.1, 0.15) is 0 Å². The smallest absolute Gasteiger partial charge is 0.238 e. The molecule has 0 unspecified atom stereocenters. The van der Waals surface area contributed by atoms with Gasteiger partial charge >= 0.3 is 0 Å². The Labute approximate surface area is 145 Å². The second-order valence-electron chi connectivity index (χ2n) is 5.77. The number of rotatable bonds is 4. The Kier molecular flexibility index (Phi) is 5.33. The molecule has 1 N–H and O–H groups in total. The zero-order chi connectivity index (χ0) is 16.9. The molecule has 6 heteroatoms. The Morgan fingerprint density at radius 3 is 2.50 bits per heavy atom. The minimum Gasteiger partial charge on any atom is -0.369 e. The van der Waals surface area contributed by atoms with E-state index < -0.39 is 5.82 Å². The van der Waals surface area contributed by atoms with E-state index in [4.69, 9.17) is 11.6 Å². The topological polar surface area (TPSA) is 35.6 Å². The van der Waals surface area contributed by atoms with E-state index in [0.717, 1.165) is 26.2 Å². The van der Waals surface area contributed by atoms with Gasteiger partial charge in [-0.05, 0) is 30.3 Å². The van der Waals surface area contributed by atoms with Gasteiger partial charge in [-0.25, -0.2) is 4.39 Å². The summed E-state index contributed by atoms with van der Waals surface area (Å²) in [7, 11) is 0. The number of hydrogen-bond acceptors (Lipinski definition) is 3. The van der Waals surface area contributed by atoms with Crippen LogP contribution in [0, 0.1) is 5.82 Å². The molecule has 2 aromatic carbocycles. The van der Waals surface area contributed by atoms with Gasteiger partial charge in [0.25, 0.3) is 0 Å². The highest BCUT2D eigenvalue weighted by molar-refractivity contribution is 6.30. The Hall–Kier alpha value is -2.11. The molecule has 1 aliphatic heterocycles. The average Bonchev–Trinajstić information content (AvgIpc) is 2.59. The number of para-hydroxylation sites is 1. The standard InChI is InChI=1S/C18H19ClFN3O/c19-14-6-7-16(20)17(12-14)21-18(24)13-22-8-10-23(11-9-22)15-4-2-1-3-5-15/h1-7,12H,8-11,13H2,(H,21,24). The van der Waals surface area contributed by atoms with Crippen molar-refractivity contribution in [2.24, 2.45) is 0 Å². The van der Waals surface area contributed by atoms with Crippen LogP contribution in [-0.2, 0) is 4.79 Å². The van der Waals surface area contributed by atoms with Gasteiger partial charge in [0.15, 0.2) is 0 Å². The maximum atomic E-state index is 13.7. The van der Waals surface area contributed by atoms with E-state index >= 15 is 0 Å². The molecule has 0 spiro atoms. The maximum absolute atomic E-state index is 13.7. The molecule has 1 saturated heterocycles. The van der Waals surface area contributed by atoms with E-state index in [1.807, 2.05) is 18.2 Å². The van der Waals surface area contributed by atoms with Gasteiger partial charge in [0.05, 0.1) is 12.2 Å². The highest BCUT2D eigenvalue weighted by Gasteiger charge is 2.19. The first-order valence-corrected chi connectivity index (χ1v) is 8.27. The molecule has 1 amide bonds. The number of halogens is 2. The predicted octanol–water partition coefficient (Wildman–Crippen LogP) is 3.24. The summed E-state index contributed by atoms with van der Waals surface area (Å²) < 4.78 is 13.7. The first-order valence-electron chi connectivity index (χ1n) is 7.89. The van der Waals surface area contributed by atoms with Gasteiger partial charge < -0.3 is 10.2 Å². The number of carbonyl (C=O) groups is 1. The molecule has 0 bridgehead atoms. The lowest BCUT2D eigenvalue weighted by Crippen LogP contribution is -2.48. The number of anilines is 2. The molecule has 0 atom stereocenters. The van der Waals surface area contributed by atoms with Crippen molar-refractivity contribution in [3.63, 3.8) is 0 Å². The second-order valence-corrected chi connectivity index (χ2v) is 6.21. The van der Waals surface area contributed by atoms with Crippen LogP contribution in [0.5, 0.6) is 0 Å². The lowest BCUT2D eigenvalue weighted by Gasteiger charge is -2.35. The first-order chi connectivity index (χ1) is 11.6. The summed E-state index contributed by atoms with van der Waals surface area (Å²) in [6.07, 6.45) is 0. The summed E-state index contributed by atoms with van der Waals surface area (Å²) in [4.78, 5) is 16.5. The van der Waals surface area contributed by atoms with Gasteiger partial charge in [-0.15, -0.1) is 0 Å². The Morgan fingerprint density at radius 1 is 1.08 bits per heavy atom. The van der Waals surface area contributed by atoms with Crippen molar-refractivity contribution in [2.45, 2.75) is 0 Å². The monoisotopic (exact) mass is 347 g/mol. The number of nitrogens with one attached hydrogen (secondary N) is 1. The zero-order valence-electron chi connectivity index (χ0n) is 13.2. The van der Waals surface area contributed by atoms with Gasteiger partial charge in [-0.2, -0.15) is 0 Å².